The number of hydrogen-bond donors (Lipinski definition) is 0. The first-order valence-electron chi connectivity index (χ1n) is 12.9. The van der Waals surface area contributed by atoms with E-state index in [9.17, 15) is 14.4 Å². The average molecular weight is 826 g/mol. The number of rotatable bonds is 9. The molecular weight excluding hydrogens is 802 g/mol. The van der Waals surface area contributed by atoms with Crippen LogP contribution in [0.3, 0.4) is 0 Å². The Kier molecular flexibility index (Phi) is 9.96. The third-order valence-corrected chi connectivity index (χ3v) is 9.48. The summed E-state index contributed by atoms with van der Waals surface area (Å²) in [6.07, 6.45) is 1.75. The van der Waals surface area contributed by atoms with Crippen LogP contribution in [0.5, 0.6) is 5.75 Å². The lowest BCUT2D eigenvalue weighted by Crippen LogP contribution is -2.39. The lowest BCUT2D eigenvalue weighted by Gasteiger charge is -2.24. The fourth-order valence-corrected chi connectivity index (χ4v) is 8.33. The summed E-state index contributed by atoms with van der Waals surface area (Å²) >= 11 is 7.04. The third kappa shape index (κ3) is 6.40. The molecule has 1 aliphatic rings. The molecule has 5 rings (SSSR count). The number of ether oxygens (including phenoxy) is 3. The van der Waals surface area contributed by atoms with E-state index in [4.69, 9.17) is 19.2 Å². The van der Waals surface area contributed by atoms with Gasteiger partial charge in [-0.3, -0.25) is 9.36 Å². The molecule has 0 amide bonds. The van der Waals surface area contributed by atoms with Crippen LogP contribution >= 0.6 is 67.9 Å². The van der Waals surface area contributed by atoms with E-state index < -0.39 is 18.0 Å². The fourth-order valence-electron chi connectivity index (χ4n) is 4.47. The standard InChI is InChI=1S/C30H24I2N2O6S2/c1-3-38-23(35)16-40-27-18(13-19(31)15-20(27)32)14-22-28(36)34-26(21-11-8-12-41-21)24(29(37)39-4-2)25(33-30(34)42-22)17-9-6-5-7-10-17/h5-15,26H,3-4,16H2,1-2H3/b22-14-/t26-/m0/s1. The molecule has 42 heavy (non-hydrogen) atoms. The summed E-state index contributed by atoms with van der Waals surface area (Å²) < 4.78 is 20.1. The van der Waals surface area contributed by atoms with Crippen LogP contribution in [0.1, 0.15) is 35.9 Å². The zero-order valence-electron chi connectivity index (χ0n) is 22.5. The Morgan fingerprint density at radius 3 is 2.50 bits per heavy atom. The summed E-state index contributed by atoms with van der Waals surface area (Å²) in [4.78, 5) is 45.8. The van der Waals surface area contributed by atoms with E-state index in [0.29, 0.717) is 31.9 Å². The largest absolute Gasteiger partial charge is 0.480 e. The quantitative estimate of drug-likeness (QED) is 0.171. The second kappa shape index (κ2) is 13.7. The van der Waals surface area contributed by atoms with Crippen LogP contribution in [-0.2, 0) is 19.1 Å². The van der Waals surface area contributed by atoms with Gasteiger partial charge in [0.05, 0.1) is 32.6 Å². The Balaban J connectivity index is 1.73. The highest BCUT2D eigenvalue weighted by Crippen LogP contribution is 2.37. The van der Waals surface area contributed by atoms with Crippen molar-refractivity contribution in [3.63, 3.8) is 0 Å². The first kappa shape index (κ1) is 30.6. The van der Waals surface area contributed by atoms with Gasteiger partial charge in [0, 0.05) is 19.6 Å². The van der Waals surface area contributed by atoms with E-state index in [1.54, 1.807) is 24.5 Å². The van der Waals surface area contributed by atoms with Crippen molar-refractivity contribution in [3.05, 3.63) is 108 Å². The number of fused-ring (bicyclic) bond motifs is 1. The molecule has 2 aromatic heterocycles. The molecule has 0 bridgehead atoms. The number of halogens is 2. The molecule has 1 aliphatic heterocycles. The van der Waals surface area contributed by atoms with Gasteiger partial charge in [0.2, 0.25) is 0 Å². The molecule has 0 fully saturated rings. The van der Waals surface area contributed by atoms with Gasteiger partial charge in [-0.15, -0.1) is 11.3 Å². The van der Waals surface area contributed by atoms with Gasteiger partial charge in [0.1, 0.15) is 11.8 Å². The molecule has 2 aromatic carbocycles. The van der Waals surface area contributed by atoms with Gasteiger partial charge in [0.15, 0.2) is 11.4 Å². The van der Waals surface area contributed by atoms with Crippen LogP contribution in [0, 0.1) is 7.14 Å². The molecular formula is C30H24I2N2O6S2. The van der Waals surface area contributed by atoms with Crippen LogP contribution in [0.2, 0.25) is 0 Å². The highest BCUT2D eigenvalue weighted by molar-refractivity contribution is 14.1. The molecule has 0 spiro atoms. The second-order valence-electron chi connectivity index (χ2n) is 8.85. The number of hydrogen-bond acceptors (Lipinski definition) is 9. The van der Waals surface area contributed by atoms with Gasteiger partial charge in [-0.05, 0) is 88.7 Å². The molecule has 0 radical (unpaired) electrons. The normalized spacial score (nSPS) is 14.8. The van der Waals surface area contributed by atoms with Gasteiger partial charge < -0.3 is 14.2 Å². The molecule has 3 heterocycles. The molecule has 8 nitrogen and oxygen atoms in total. The Bertz CT molecular complexity index is 1850. The maximum Gasteiger partial charge on any atom is 0.344 e. The van der Waals surface area contributed by atoms with Crippen molar-refractivity contribution in [3.8, 4) is 5.75 Å². The van der Waals surface area contributed by atoms with E-state index in [1.807, 2.05) is 60.0 Å². The number of carbonyl (C=O) groups is 2. The highest BCUT2D eigenvalue weighted by atomic mass is 127. The molecule has 216 valence electrons. The van der Waals surface area contributed by atoms with Crippen LogP contribution in [0.15, 0.2) is 75.3 Å². The van der Waals surface area contributed by atoms with Gasteiger partial charge >= 0.3 is 11.9 Å². The molecule has 1 atom stereocenters. The molecule has 0 saturated carbocycles. The zero-order chi connectivity index (χ0) is 29.8. The van der Waals surface area contributed by atoms with Crippen LogP contribution in [0.25, 0.3) is 11.8 Å². The maximum absolute atomic E-state index is 14.1. The number of thiophene rings is 1. The van der Waals surface area contributed by atoms with Crippen molar-refractivity contribution >= 4 is 91.6 Å². The van der Waals surface area contributed by atoms with Crippen molar-refractivity contribution in [1.29, 1.82) is 0 Å². The van der Waals surface area contributed by atoms with E-state index in [1.165, 1.54) is 22.7 Å². The van der Waals surface area contributed by atoms with Gasteiger partial charge in [-0.1, -0.05) is 47.7 Å². The number of carbonyl (C=O) groups excluding carboxylic acids is 2. The smallest absolute Gasteiger partial charge is 0.344 e. The monoisotopic (exact) mass is 826 g/mol. The molecule has 12 heteroatoms. The first-order chi connectivity index (χ1) is 20.3. The van der Waals surface area contributed by atoms with Crippen molar-refractivity contribution < 1.29 is 23.8 Å². The van der Waals surface area contributed by atoms with Crippen molar-refractivity contribution in [1.82, 2.24) is 4.57 Å². The van der Waals surface area contributed by atoms with Crippen molar-refractivity contribution in [2.45, 2.75) is 19.9 Å². The van der Waals surface area contributed by atoms with E-state index in [2.05, 4.69) is 45.2 Å². The minimum Gasteiger partial charge on any atom is -0.480 e. The molecule has 0 unspecified atom stereocenters. The van der Waals surface area contributed by atoms with Crippen LogP contribution < -0.4 is 19.6 Å². The van der Waals surface area contributed by atoms with Gasteiger partial charge in [-0.2, -0.15) is 0 Å². The first-order valence-corrected chi connectivity index (χ1v) is 16.8. The Morgan fingerprint density at radius 2 is 1.81 bits per heavy atom. The van der Waals surface area contributed by atoms with Gasteiger partial charge in [-0.25, -0.2) is 14.6 Å². The predicted octanol–water partition coefficient (Wildman–Crippen LogP) is 5.15. The lowest BCUT2D eigenvalue weighted by atomic mass is 9.97. The fraction of sp³-hybridized carbons (Fsp3) is 0.200. The number of thiazole rings is 1. The summed E-state index contributed by atoms with van der Waals surface area (Å²) in [5.41, 5.74) is 1.88. The third-order valence-electron chi connectivity index (χ3n) is 6.15. The summed E-state index contributed by atoms with van der Waals surface area (Å²) in [5.74, 6) is -0.524. The number of esters is 2. The summed E-state index contributed by atoms with van der Waals surface area (Å²) in [7, 11) is 0. The SMILES string of the molecule is CCOC(=O)COc1c(I)cc(I)cc1/C=c1\sc2n(c1=O)[C@@H](c1cccs1)C(C(=O)OCC)=C(c1ccccc1)N=2. The molecule has 0 aliphatic carbocycles. The Labute approximate surface area is 276 Å². The van der Waals surface area contributed by atoms with E-state index >= 15 is 0 Å². The van der Waals surface area contributed by atoms with E-state index in [-0.39, 0.29) is 25.4 Å². The minimum atomic E-state index is -0.715. The number of nitrogens with zero attached hydrogens (tertiary/aromatic N) is 2. The van der Waals surface area contributed by atoms with E-state index in [0.717, 1.165) is 17.6 Å². The molecule has 4 aromatic rings. The summed E-state index contributed by atoms with van der Waals surface area (Å²) in [6.45, 7) is 3.67. The maximum atomic E-state index is 14.1. The lowest BCUT2D eigenvalue weighted by molar-refractivity contribution is -0.145. The summed E-state index contributed by atoms with van der Waals surface area (Å²) in [6, 6.07) is 16.3. The van der Waals surface area contributed by atoms with Crippen LogP contribution in [0.4, 0.5) is 0 Å². The molecule has 0 N–H and O–H groups in total. The van der Waals surface area contributed by atoms with Crippen molar-refractivity contribution in [2.24, 2.45) is 4.99 Å². The van der Waals surface area contributed by atoms with Gasteiger partial charge in [0.25, 0.3) is 5.56 Å². The highest BCUT2D eigenvalue weighted by Gasteiger charge is 2.35. The molecule has 0 saturated heterocycles. The summed E-state index contributed by atoms with van der Waals surface area (Å²) in [5, 5.41) is 1.91. The number of aromatic nitrogens is 1. The number of benzene rings is 2. The second-order valence-corrected chi connectivity index (χ2v) is 13.2. The minimum absolute atomic E-state index is 0.186. The zero-order valence-corrected chi connectivity index (χ0v) is 28.4. The average Bonchev–Trinajstić information content (AvgIpc) is 3.61. The Hall–Kier alpha value is -2.82. The topological polar surface area (TPSA) is 96.2 Å². The predicted molar refractivity (Wildman–Crippen MR) is 179 cm³/mol. The Morgan fingerprint density at radius 1 is 1.05 bits per heavy atom. The van der Waals surface area contributed by atoms with Crippen molar-refractivity contribution in [2.75, 3.05) is 19.8 Å². The van der Waals surface area contributed by atoms with Crippen LogP contribution in [-0.4, -0.2) is 36.3 Å².